The van der Waals surface area contributed by atoms with E-state index in [0.29, 0.717) is 23.0 Å². The van der Waals surface area contributed by atoms with Crippen LogP contribution in [0.1, 0.15) is 24.6 Å². The lowest BCUT2D eigenvalue weighted by molar-refractivity contribution is -0.116. The first kappa shape index (κ1) is 17.4. The van der Waals surface area contributed by atoms with Crippen molar-refractivity contribution in [2.75, 3.05) is 23.8 Å². The number of benzene rings is 1. The van der Waals surface area contributed by atoms with Crippen LogP contribution in [0.15, 0.2) is 24.3 Å². The molecular weight excluding hydrogens is 338 g/mol. The number of anilines is 2. The third-order valence-corrected chi connectivity index (χ3v) is 3.85. The molecule has 0 spiro atoms. The Labute approximate surface area is 149 Å². The van der Waals surface area contributed by atoms with Crippen LogP contribution in [-0.4, -0.2) is 51.6 Å². The summed E-state index contributed by atoms with van der Waals surface area (Å²) >= 11 is 0. The number of hydrogen-bond acceptors (Lipinski definition) is 5. The molecule has 1 aliphatic heterocycles. The van der Waals surface area contributed by atoms with Gasteiger partial charge in [0.05, 0.1) is 11.7 Å². The summed E-state index contributed by atoms with van der Waals surface area (Å²) in [6.45, 7) is 3.56. The Bertz CT molecular complexity index is 863. The van der Waals surface area contributed by atoms with Crippen LogP contribution in [-0.2, 0) is 4.79 Å². The molecule has 5 amide bonds. The Morgan fingerprint density at radius 3 is 2.73 bits per heavy atom. The zero-order valence-electron chi connectivity index (χ0n) is 14.6. The maximum atomic E-state index is 12.2. The van der Waals surface area contributed by atoms with Gasteiger partial charge in [0.1, 0.15) is 12.4 Å². The van der Waals surface area contributed by atoms with Gasteiger partial charge in [0.2, 0.25) is 0 Å². The van der Waals surface area contributed by atoms with Crippen molar-refractivity contribution in [3.8, 4) is 0 Å². The Morgan fingerprint density at radius 2 is 2.12 bits per heavy atom. The van der Waals surface area contributed by atoms with E-state index in [9.17, 15) is 14.4 Å². The van der Waals surface area contributed by atoms with E-state index >= 15 is 0 Å². The molecule has 0 radical (unpaired) electrons. The van der Waals surface area contributed by atoms with Gasteiger partial charge in [0, 0.05) is 12.7 Å². The second kappa shape index (κ2) is 6.82. The molecule has 0 saturated carbocycles. The quantitative estimate of drug-likeness (QED) is 0.714. The van der Waals surface area contributed by atoms with Gasteiger partial charge >= 0.3 is 12.1 Å². The van der Waals surface area contributed by atoms with Crippen LogP contribution in [0.25, 0.3) is 0 Å². The molecule has 1 aliphatic rings. The highest BCUT2D eigenvalue weighted by Crippen LogP contribution is 2.23. The van der Waals surface area contributed by atoms with Crippen LogP contribution in [0.4, 0.5) is 21.0 Å². The van der Waals surface area contributed by atoms with Gasteiger partial charge in [-0.15, -0.1) is 0 Å². The monoisotopic (exact) mass is 357 g/mol. The fourth-order valence-corrected chi connectivity index (χ4v) is 2.58. The number of carbonyl (C=O) groups is 3. The molecule has 1 aromatic heterocycles. The third kappa shape index (κ3) is 3.48. The molecule has 3 rings (SSSR count). The first-order chi connectivity index (χ1) is 12.3. The Hall–Kier alpha value is -3.43. The highest BCUT2D eigenvalue weighted by Gasteiger charge is 2.34. The first-order valence-corrected chi connectivity index (χ1v) is 7.99. The summed E-state index contributed by atoms with van der Waals surface area (Å²) in [5.41, 5.74) is 0.855. The summed E-state index contributed by atoms with van der Waals surface area (Å²) in [4.78, 5) is 42.8. The van der Waals surface area contributed by atoms with Crippen molar-refractivity contribution in [3.05, 3.63) is 35.9 Å². The van der Waals surface area contributed by atoms with E-state index in [4.69, 9.17) is 0 Å². The Kier molecular flexibility index (Phi) is 4.57. The zero-order valence-corrected chi connectivity index (χ0v) is 14.6. The smallest absolute Gasteiger partial charge is 0.328 e. The van der Waals surface area contributed by atoms with E-state index in [2.05, 4.69) is 25.8 Å². The van der Waals surface area contributed by atoms with E-state index < -0.39 is 18.1 Å². The number of nitrogens with one attached hydrogen (secondary N) is 3. The van der Waals surface area contributed by atoms with E-state index in [1.165, 1.54) is 4.90 Å². The van der Waals surface area contributed by atoms with Crippen LogP contribution in [0, 0.1) is 6.92 Å². The normalized spacial score (nSPS) is 15.3. The molecule has 3 N–H and O–H groups in total. The molecule has 0 bridgehead atoms. The lowest BCUT2D eigenvalue weighted by Gasteiger charge is -2.16. The van der Waals surface area contributed by atoms with Crippen molar-refractivity contribution in [1.82, 2.24) is 25.4 Å². The highest BCUT2D eigenvalue weighted by atomic mass is 16.2. The topological polar surface area (TPSA) is 123 Å². The van der Waals surface area contributed by atoms with Crippen molar-refractivity contribution >= 4 is 29.3 Å². The molecule has 26 heavy (non-hydrogen) atoms. The first-order valence-electron chi connectivity index (χ1n) is 7.99. The number of hydrogen-bond donors (Lipinski definition) is 3. The number of rotatable bonds is 4. The second-order valence-corrected chi connectivity index (χ2v) is 6.02. The summed E-state index contributed by atoms with van der Waals surface area (Å²) in [5.74, 6) is 0.821. The zero-order chi connectivity index (χ0) is 18.8. The minimum Gasteiger partial charge on any atom is -0.328 e. The minimum atomic E-state index is -0.451. The number of amides is 5. The number of urea groups is 2. The lowest BCUT2D eigenvalue weighted by atomic mass is 10.2. The number of aryl methyl sites for hydroxylation is 1. The van der Waals surface area contributed by atoms with Gasteiger partial charge in [0.25, 0.3) is 5.91 Å². The third-order valence-electron chi connectivity index (χ3n) is 3.85. The number of aromatic nitrogens is 3. The number of carbonyl (C=O) groups excluding carboxylic acids is 3. The fraction of sp³-hybridized carbons (Fsp3) is 0.312. The SMILES string of the molecule is Cc1nc([C@H](C)NC(=O)Nc2cccc(N3C(=O)CN(C)C3=O)c2)n[nH]1. The lowest BCUT2D eigenvalue weighted by Crippen LogP contribution is -2.32. The maximum Gasteiger partial charge on any atom is 0.331 e. The van der Waals surface area contributed by atoms with Crippen LogP contribution in [0.5, 0.6) is 0 Å². The summed E-state index contributed by atoms with van der Waals surface area (Å²) in [6.07, 6.45) is 0. The molecule has 1 saturated heterocycles. The molecule has 1 fully saturated rings. The van der Waals surface area contributed by atoms with Crippen molar-refractivity contribution in [1.29, 1.82) is 0 Å². The molecule has 2 heterocycles. The van der Waals surface area contributed by atoms with Crippen molar-refractivity contribution < 1.29 is 14.4 Å². The minimum absolute atomic E-state index is 0.0323. The van der Waals surface area contributed by atoms with Gasteiger partial charge in [-0.1, -0.05) is 6.07 Å². The molecule has 1 atom stereocenters. The Balaban J connectivity index is 1.68. The number of aromatic amines is 1. The van der Waals surface area contributed by atoms with Gasteiger partial charge in [0.15, 0.2) is 5.82 Å². The van der Waals surface area contributed by atoms with Crippen LogP contribution in [0.3, 0.4) is 0 Å². The highest BCUT2D eigenvalue weighted by molar-refractivity contribution is 6.19. The van der Waals surface area contributed by atoms with Crippen molar-refractivity contribution in [3.63, 3.8) is 0 Å². The van der Waals surface area contributed by atoms with Crippen molar-refractivity contribution in [2.45, 2.75) is 19.9 Å². The van der Waals surface area contributed by atoms with Gasteiger partial charge < -0.3 is 15.5 Å². The standard InChI is InChI=1S/C16H19N7O3/c1-9(14-18-10(2)20-21-14)17-15(25)19-11-5-4-6-12(7-11)23-13(24)8-22(3)16(23)26/h4-7,9H,8H2,1-3H3,(H2,17,19,25)(H,18,20,21)/t9-/m0/s1. The maximum absolute atomic E-state index is 12.2. The molecule has 10 heteroatoms. The fourth-order valence-electron chi connectivity index (χ4n) is 2.58. The average Bonchev–Trinajstić information content (AvgIpc) is 3.11. The van der Waals surface area contributed by atoms with E-state index in [1.807, 2.05) is 0 Å². The number of nitrogens with zero attached hydrogens (tertiary/aromatic N) is 4. The van der Waals surface area contributed by atoms with Gasteiger partial charge in [-0.05, 0) is 32.0 Å². The summed E-state index contributed by atoms with van der Waals surface area (Å²) in [5, 5.41) is 12.1. The van der Waals surface area contributed by atoms with Gasteiger partial charge in [-0.3, -0.25) is 9.89 Å². The largest absolute Gasteiger partial charge is 0.331 e. The van der Waals surface area contributed by atoms with Gasteiger partial charge in [-0.2, -0.15) is 5.10 Å². The summed E-state index contributed by atoms with van der Waals surface area (Å²) in [6, 6.07) is 5.29. The predicted molar refractivity (Wildman–Crippen MR) is 93.6 cm³/mol. The predicted octanol–water partition coefficient (Wildman–Crippen LogP) is 1.39. The molecule has 2 aromatic rings. The number of imide groups is 1. The number of likely N-dealkylation sites (N-methyl/N-ethyl adjacent to an activating group) is 1. The van der Waals surface area contributed by atoms with Crippen molar-refractivity contribution in [2.24, 2.45) is 0 Å². The van der Waals surface area contributed by atoms with Crippen LogP contribution < -0.4 is 15.5 Å². The molecule has 0 aliphatic carbocycles. The molecule has 10 nitrogen and oxygen atoms in total. The Morgan fingerprint density at radius 1 is 1.35 bits per heavy atom. The molecule has 1 aromatic carbocycles. The molecular formula is C16H19N7O3. The summed E-state index contributed by atoms with van der Waals surface area (Å²) in [7, 11) is 1.56. The van der Waals surface area contributed by atoms with E-state index in [0.717, 1.165) is 4.90 Å². The van der Waals surface area contributed by atoms with E-state index in [1.54, 1.807) is 45.2 Å². The van der Waals surface area contributed by atoms with Crippen LogP contribution >= 0.6 is 0 Å². The van der Waals surface area contributed by atoms with Gasteiger partial charge in [-0.25, -0.2) is 19.5 Å². The average molecular weight is 357 g/mol. The second-order valence-electron chi connectivity index (χ2n) is 6.02. The van der Waals surface area contributed by atoms with Crippen LogP contribution in [0.2, 0.25) is 0 Å². The molecule has 136 valence electrons. The number of H-pyrrole nitrogens is 1. The molecule has 0 unspecified atom stereocenters. The summed E-state index contributed by atoms with van der Waals surface area (Å²) < 4.78 is 0. The van der Waals surface area contributed by atoms with E-state index in [-0.39, 0.29) is 12.5 Å².